The third-order valence-corrected chi connectivity index (χ3v) is 5.11. The molecule has 6 nitrogen and oxygen atoms in total. The van der Waals surface area contributed by atoms with Crippen LogP contribution in [-0.4, -0.2) is 63.2 Å². The van der Waals surface area contributed by atoms with Crippen molar-refractivity contribution in [2.75, 3.05) is 34.3 Å². The maximum atomic E-state index is 11.8. The second kappa shape index (κ2) is 9.11. The first-order valence-corrected chi connectivity index (χ1v) is 8.72. The molecule has 0 bridgehead atoms. The maximum absolute atomic E-state index is 11.8. The molecule has 1 fully saturated rings. The van der Waals surface area contributed by atoms with Gasteiger partial charge in [-0.2, -0.15) is 0 Å². The second-order valence-electron chi connectivity index (χ2n) is 6.48. The lowest BCUT2D eigenvalue weighted by Gasteiger charge is -2.55. The quantitative estimate of drug-likeness (QED) is 0.525. The van der Waals surface area contributed by atoms with Crippen molar-refractivity contribution in [2.45, 2.75) is 58.6 Å². The van der Waals surface area contributed by atoms with E-state index in [9.17, 15) is 4.79 Å². The molecule has 0 heterocycles. The second-order valence-corrected chi connectivity index (χ2v) is 6.48. The highest BCUT2D eigenvalue weighted by Crippen LogP contribution is 2.48. The van der Waals surface area contributed by atoms with Crippen molar-refractivity contribution >= 4 is 11.9 Å². The van der Waals surface area contributed by atoms with Crippen molar-refractivity contribution in [1.82, 2.24) is 15.5 Å². The molecule has 2 atom stereocenters. The van der Waals surface area contributed by atoms with Gasteiger partial charge in [-0.05, 0) is 25.7 Å². The molecule has 0 aliphatic heterocycles. The molecule has 2 N–H and O–H groups in total. The number of guanidine groups is 1. The zero-order valence-corrected chi connectivity index (χ0v) is 15.6. The third kappa shape index (κ3) is 4.59. The van der Waals surface area contributed by atoms with Gasteiger partial charge in [0.15, 0.2) is 5.96 Å². The van der Waals surface area contributed by atoms with Crippen LogP contribution < -0.4 is 10.6 Å². The minimum Gasteiger partial charge on any atom is -0.381 e. The van der Waals surface area contributed by atoms with E-state index in [-0.39, 0.29) is 17.9 Å². The molecule has 1 aliphatic rings. The monoisotopic (exact) mass is 326 g/mol. The van der Waals surface area contributed by atoms with Crippen molar-refractivity contribution in [3.05, 3.63) is 0 Å². The number of likely N-dealkylation sites (N-methyl/N-ethyl adjacent to an activating group) is 1. The predicted molar refractivity (Wildman–Crippen MR) is 94.6 cm³/mol. The van der Waals surface area contributed by atoms with Crippen LogP contribution in [0.5, 0.6) is 0 Å². The first-order valence-electron chi connectivity index (χ1n) is 8.72. The Balaban J connectivity index is 2.77. The summed E-state index contributed by atoms with van der Waals surface area (Å²) in [5.41, 5.74) is 0.148. The van der Waals surface area contributed by atoms with Gasteiger partial charge in [0.1, 0.15) is 6.54 Å². The topological polar surface area (TPSA) is 66.0 Å². The molecule has 0 aromatic carbocycles. The zero-order chi connectivity index (χ0) is 17.5. The highest BCUT2D eigenvalue weighted by atomic mass is 16.5. The fourth-order valence-corrected chi connectivity index (χ4v) is 3.33. The standard InChI is InChI=1S/C17H34N4O2/c1-7-10-18-16(19-12-15(22)21(4)5)20-13-11-14(23-6)17(13,8-2)9-3/h13-14H,7-12H2,1-6H3,(H2,18,19,20). The lowest BCUT2D eigenvalue weighted by atomic mass is 9.58. The molecule has 0 aromatic heterocycles. The van der Waals surface area contributed by atoms with Crippen LogP contribution in [0.2, 0.25) is 0 Å². The largest absolute Gasteiger partial charge is 0.381 e. The number of rotatable bonds is 8. The summed E-state index contributed by atoms with van der Waals surface area (Å²) >= 11 is 0. The number of methoxy groups -OCH3 is 1. The lowest BCUT2D eigenvalue weighted by molar-refractivity contribution is -0.127. The van der Waals surface area contributed by atoms with Gasteiger partial charge in [-0.15, -0.1) is 0 Å². The summed E-state index contributed by atoms with van der Waals surface area (Å²) in [7, 11) is 5.29. The smallest absolute Gasteiger partial charge is 0.243 e. The Morgan fingerprint density at radius 2 is 1.96 bits per heavy atom. The molecule has 1 rings (SSSR count). The van der Waals surface area contributed by atoms with Gasteiger partial charge in [-0.1, -0.05) is 20.8 Å². The number of nitrogens with one attached hydrogen (secondary N) is 2. The number of hydrogen-bond acceptors (Lipinski definition) is 3. The Morgan fingerprint density at radius 1 is 1.30 bits per heavy atom. The Morgan fingerprint density at radius 3 is 2.43 bits per heavy atom. The number of amides is 1. The number of hydrogen-bond donors (Lipinski definition) is 2. The molecule has 0 radical (unpaired) electrons. The number of carbonyl (C=O) groups is 1. The molecule has 0 aromatic rings. The Hall–Kier alpha value is -1.30. The van der Waals surface area contributed by atoms with Gasteiger partial charge < -0.3 is 20.3 Å². The number of aliphatic imine (C=N–C) groups is 1. The number of nitrogens with zero attached hydrogens (tertiary/aromatic N) is 2. The van der Waals surface area contributed by atoms with E-state index in [1.807, 2.05) is 0 Å². The average Bonchev–Trinajstić information content (AvgIpc) is 2.53. The SMILES string of the molecule is CCCNC(=NCC(=O)N(C)C)NC1CC(OC)C1(CC)CC. The average molecular weight is 326 g/mol. The zero-order valence-electron chi connectivity index (χ0n) is 15.6. The molecular weight excluding hydrogens is 292 g/mol. The van der Waals surface area contributed by atoms with E-state index in [0.717, 1.165) is 38.2 Å². The van der Waals surface area contributed by atoms with Crippen LogP contribution in [0, 0.1) is 5.41 Å². The summed E-state index contributed by atoms with van der Waals surface area (Å²) in [5, 5.41) is 6.84. The highest BCUT2D eigenvalue weighted by molar-refractivity contribution is 5.85. The van der Waals surface area contributed by atoms with Crippen molar-refractivity contribution in [2.24, 2.45) is 10.4 Å². The fourth-order valence-electron chi connectivity index (χ4n) is 3.33. The van der Waals surface area contributed by atoms with E-state index in [4.69, 9.17) is 4.74 Å². The first-order chi connectivity index (χ1) is 10.9. The summed E-state index contributed by atoms with van der Waals surface area (Å²) in [5.74, 6) is 0.733. The van der Waals surface area contributed by atoms with E-state index in [2.05, 4.69) is 36.4 Å². The molecule has 0 spiro atoms. The van der Waals surface area contributed by atoms with Gasteiger partial charge in [0.05, 0.1) is 6.10 Å². The van der Waals surface area contributed by atoms with Gasteiger partial charge in [0, 0.05) is 39.2 Å². The molecule has 1 aliphatic carbocycles. The van der Waals surface area contributed by atoms with E-state index in [1.165, 1.54) is 0 Å². The van der Waals surface area contributed by atoms with Crippen LogP contribution in [0.15, 0.2) is 4.99 Å². The molecule has 134 valence electrons. The predicted octanol–water partition coefficient (Wildman–Crippen LogP) is 1.61. The van der Waals surface area contributed by atoms with Crippen molar-refractivity contribution < 1.29 is 9.53 Å². The van der Waals surface area contributed by atoms with Gasteiger partial charge in [-0.3, -0.25) is 4.79 Å². The van der Waals surface area contributed by atoms with Crippen LogP contribution in [0.25, 0.3) is 0 Å². The van der Waals surface area contributed by atoms with Crippen LogP contribution in [-0.2, 0) is 9.53 Å². The summed E-state index contributed by atoms with van der Waals surface area (Å²) in [6.07, 6.45) is 4.42. The molecule has 1 amide bonds. The Bertz CT molecular complexity index is 405. The van der Waals surface area contributed by atoms with Crippen LogP contribution in [0.3, 0.4) is 0 Å². The Kier molecular flexibility index (Phi) is 7.82. The molecular formula is C17H34N4O2. The van der Waals surface area contributed by atoms with E-state index < -0.39 is 0 Å². The Labute approximate surface area is 141 Å². The summed E-state index contributed by atoms with van der Waals surface area (Å²) in [6, 6.07) is 0.333. The summed E-state index contributed by atoms with van der Waals surface area (Å²) in [4.78, 5) is 17.8. The van der Waals surface area contributed by atoms with E-state index in [0.29, 0.717) is 12.1 Å². The van der Waals surface area contributed by atoms with Crippen LogP contribution in [0.4, 0.5) is 0 Å². The number of ether oxygens (including phenoxy) is 1. The number of carbonyl (C=O) groups excluding carboxylic acids is 1. The first kappa shape index (κ1) is 19.7. The van der Waals surface area contributed by atoms with Gasteiger partial charge in [0.25, 0.3) is 0 Å². The van der Waals surface area contributed by atoms with Gasteiger partial charge in [-0.25, -0.2) is 4.99 Å². The van der Waals surface area contributed by atoms with Crippen molar-refractivity contribution in [3.8, 4) is 0 Å². The van der Waals surface area contributed by atoms with E-state index >= 15 is 0 Å². The normalized spacial score (nSPS) is 23.1. The van der Waals surface area contributed by atoms with Gasteiger partial charge >= 0.3 is 0 Å². The molecule has 0 saturated heterocycles. The molecule has 1 saturated carbocycles. The molecule has 23 heavy (non-hydrogen) atoms. The van der Waals surface area contributed by atoms with E-state index in [1.54, 1.807) is 26.1 Å². The van der Waals surface area contributed by atoms with Gasteiger partial charge in [0.2, 0.25) is 5.91 Å². The maximum Gasteiger partial charge on any atom is 0.243 e. The highest BCUT2D eigenvalue weighted by Gasteiger charge is 2.53. The minimum atomic E-state index is 0.00298. The minimum absolute atomic E-state index is 0.00298. The van der Waals surface area contributed by atoms with Crippen LogP contribution >= 0.6 is 0 Å². The lowest BCUT2D eigenvalue weighted by Crippen LogP contribution is -2.65. The third-order valence-electron chi connectivity index (χ3n) is 5.11. The fraction of sp³-hybridized carbons (Fsp3) is 0.882. The van der Waals surface area contributed by atoms with Crippen molar-refractivity contribution in [3.63, 3.8) is 0 Å². The summed E-state index contributed by atoms with van der Waals surface area (Å²) < 4.78 is 5.65. The summed E-state index contributed by atoms with van der Waals surface area (Å²) in [6.45, 7) is 7.55. The molecule has 6 heteroatoms. The van der Waals surface area contributed by atoms with Crippen LogP contribution in [0.1, 0.15) is 46.5 Å². The van der Waals surface area contributed by atoms with Crippen molar-refractivity contribution in [1.29, 1.82) is 0 Å². The molecule has 2 unspecified atom stereocenters.